The van der Waals surface area contributed by atoms with Gasteiger partial charge in [0.05, 0.1) is 5.91 Å². The molecule has 0 atom stereocenters. The van der Waals surface area contributed by atoms with Crippen LogP contribution >= 0.6 is 27.3 Å². The summed E-state index contributed by atoms with van der Waals surface area (Å²) in [6.45, 7) is 1.72. The third kappa shape index (κ3) is 5.64. The first-order valence-corrected chi connectivity index (χ1v) is 9.05. The Morgan fingerprint density at radius 1 is 1.32 bits per heavy atom. The Bertz CT molecular complexity index is 786. The van der Waals surface area contributed by atoms with E-state index in [9.17, 15) is 13.2 Å². The summed E-state index contributed by atoms with van der Waals surface area (Å²) in [6.07, 6.45) is 1.42. The molecule has 110 valence electrons. The van der Waals surface area contributed by atoms with Crippen LogP contribution < -0.4 is 29.6 Å². The molecule has 0 aliphatic carbocycles. The number of aryl methyl sites for hydroxylation is 1. The minimum atomic E-state index is -3.94. The van der Waals surface area contributed by atoms with E-state index in [0.29, 0.717) is 5.56 Å². The van der Waals surface area contributed by atoms with E-state index in [-0.39, 0.29) is 35.1 Å². The van der Waals surface area contributed by atoms with Crippen LogP contribution in [0.4, 0.5) is 0 Å². The molecule has 0 unspecified atom stereocenters. The van der Waals surface area contributed by atoms with E-state index in [4.69, 9.17) is 0 Å². The molecule has 1 heterocycles. The number of hydrogen-bond donors (Lipinski definition) is 0. The second kappa shape index (κ2) is 8.42. The van der Waals surface area contributed by atoms with Crippen molar-refractivity contribution in [1.82, 2.24) is 0 Å². The van der Waals surface area contributed by atoms with E-state index >= 15 is 0 Å². The maximum atomic E-state index is 12.0. The van der Waals surface area contributed by atoms with Crippen LogP contribution in [-0.2, 0) is 10.0 Å². The smallest absolute Gasteiger partial charge is 0.538 e. The fourth-order valence-electron chi connectivity index (χ4n) is 1.60. The van der Waals surface area contributed by atoms with Crippen molar-refractivity contribution in [3.8, 4) is 0 Å². The van der Waals surface area contributed by atoms with E-state index in [1.54, 1.807) is 31.2 Å². The standard InChI is InChI=1S/C14H12BrNO3S2.Na/c1-10-9-11(15)4-5-13(10)14(17)16-21(18,19)8-6-12-3-2-7-20-12;/h2-9H,1H3,(H,16,17);/q;+1/p-1/b8-6+;. The van der Waals surface area contributed by atoms with Crippen molar-refractivity contribution < 1.29 is 42.8 Å². The molecule has 0 fully saturated rings. The first-order chi connectivity index (χ1) is 9.87. The average molecular weight is 408 g/mol. The normalized spacial score (nSPS) is 11.2. The average Bonchev–Trinajstić information content (AvgIpc) is 2.88. The number of halogens is 1. The summed E-state index contributed by atoms with van der Waals surface area (Å²) in [6, 6.07) is 8.53. The Balaban J connectivity index is 0.00000242. The molecule has 2 rings (SSSR count). The minimum absolute atomic E-state index is 0. The number of thiophene rings is 1. The SMILES string of the molecule is Cc1cc(Br)ccc1C(=O)[N-]S(=O)(=O)/C=C/c1cccs1.[Na+]. The minimum Gasteiger partial charge on any atom is -0.538 e. The monoisotopic (exact) mass is 407 g/mol. The maximum Gasteiger partial charge on any atom is 1.00 e. The van der Waals surface area contributed by atoms with Crippen LogP contribution in [0.5, 0.6) is 0 Å². The van der Waals surface area contributed by atoms with Gasteiger partial charge in [-0.15, -0.1) is 11.3 Å². The fourth-order valence-corrected chi connectivity index (χ4v) is 3.49. The molecule has 0 spiro atoms. The van der Waals surface area contributed by atoms with Gasteiger partial charge in [-0.3, -0.25) is 0 Å². The third-order valence-corrected chi connectivity index (χ3v) is 4.81. The Kier molecular flexibility index (Phi) is 7.51. The first-order valence-electron chi connectivity index (χ1n) is 5.87. The molecule has 0 aliphatic rings. The summed E-state index contributed by atoms with van der Waals surface area (Å²) >= 11 is 4.68. The van der Waals surface area contributed by atoms with Gasteiger partial charge in [0.15, 0.2) is 0 Å². The van der Waals surface area contributed by atoms with E-state index in [2.05, 4.69) is 20.7 Å². The van der Waals surface area contributed by atoms with Crippen molar-refractivity contribution in [3.05, 3.63) is 66.3 Å². The summed E-state index contributed by atoms with van der Waals surface area (Å²) in [5.41, 5.74) is 0.932. The van der Waals surface area contributed by atoms with Crippen molar-refractivity contribution in [2.45, 2.75) is 6.92 Å². The van der Waals surface area contributed by atoms with Gasteiger partial charge in [-0.2, -0.15) is 0 Å². The quantitative estimate of drug-likeness (QED) is 0.718. The number of rotatable bonds is 4. The molecule has 0 bridgehead atoms. The molecule has 1 aromatic heterocycles. The molecule has 2 aromatic rings. The van der Waals surface area contributed by atoms with Crippen molar-refractivity contribution in [3.63, 3.8) is 0 Å². The van der Waals surface area contributed by atoms with E-state index in [1.807, 2.05) is 11.4 Å². The van der Waals surface area contributed by atoms with Crippen LogP contribution in [0.1, 0.15) is 20.8 Å². The summed E-state index contributed by atoms with van der Waals surface area (Å²) in [5.74, 6) is -0.768. The molecule has 0 saturated carbocycles. The fraction of sp³-hybridized carbons (Fsp3) is 0.0714. The first kappa shape index (κ1) is 19.6. The van der Waals surface area contributed by atoms with E-state index in [0.717, 1.165) is 14.8 Å². The molecule has 22 heavy (non-hydrogen) atoms. The summed E-state index contributed by atoms with van der Waals surface area (Å²) in [7, 11) is -3.94. The zero-order valence-corrected chi connectivity index (χ0v) is 17.2. The van der Waals surface area contributed by atoms with E-state index in [1.165, 1.54) is 17.4 Å². The number of sulfonamides is 1. The predicted molar refractivity (Wildman–Crippen MR) is 88.8 cm³/mol. The zero-order valence-electron chi connectivity index (χ0n) is 12.0. The summed E-state index contributed by atoms with van der Waals surface area (Å²) in [5, 5.41) is 2.77. The van der Waals surface area contributed by atoms with Crippen molar-refractivity contribution in [2.75, 3.05) is 0 Å². The van der Waals surface area contributed by atoms with Gasteiger partial charge in [-0.05, 0) is 42.1 Å². The number of carbonyl (C=O) groups excluding carboxylic acids is 1. The van der Waals surface area contributed by atoms with Crippen LogP contribution in [0.3, 0.4) is 0 Å². The largest absolute Gasteiger partial charge is 1.00 e. The van der Waals surface area contributed by atoms with Crippen LogP contribution in [0, 0.1) is 6.92 Å². The van der Waals surface area contributed by atoms with Crippen LogP contribution in [0.15, 0.2) is 45.6 Å². The molecule has 0 aliphatic heterocycles. The Hall–Kier alpha value is -0.440. The predicted octanol–water partition coefficient (Wildman–Crippen LogP) is 1.34. The Labute approximate surface area is 164 Å². The van der Waals surface area contributed by atoms with Gasteiger partial charge in [0.2, 0.25) is 0 Å². The molecule has 8 heteroatoms. The maximum absolute atomic E-state index is 12.0. The molecule has 1 amide bonds. The molecular weight excluding hydrogens is 397 g/mol. The van der Waals surface area contributed by atoms with Gasteiger partial charge in [-0.1, -0.05) is 28.1 Å². The molecule has 0 N–H and O–H groups in total. The Morgan fingerprint density at radius 3 is 2.64 bits per heavy atom. The van der Waals surface area contributed by atoms with Crippen molar-refractivity contribution in [1.29, 1.82) is 0 Å². The topological polar surface area (TPSA) is 65.3 Å². The Morgan fingerprint density at radius 2 is 2.05 bits per heavy atom. The number of nitrogens with zero attached hydrogens (tertiary/aromatic N) is 1. The zero-order chi connectivity index (χ0) is 15.5. The molecule has 0 radical (unpaired) electrons. The van der Waals surface area contributed by atoms with Gasteiger partial charge in [0.1, 0.15) is 10.0 Å². The summed E-state index contributed by atoms with van der Waals surface area (Å²) in [4.78, 5) is 12.7. The van der Waals surface area contributed by atoms with Gasteiger partial charge in [0, 0.05) is 20.3 Å². The number of benzene rings is 1. The van der Waals surface area contributed by atoms with Crippen molar-refractivity contribution >= 4 is 49.3 Å². The van der Waals surface area contributed by atoms with Crippen LogP contribution in [-0.4, -0.2) is 14.3 Å². The third-order valence-electron chi connectivity index (χ3n) is 2.58. The van der Waals surface area contributed by atoms with Gasteiger partial charge in [-0.25, -0.2) is 8.42 Å². The second-order valence-electron chi connectivity index (χ2n) is 4.19. The van der Waals surface area contributed by atoms with Gasteiger partial charge < -0.3 is 9.52 Å². The van der Waals surface area contributed by atoms with E-state index < -0.39 is 15.9 Å². The molecule has 4 nitrogen and oxygen atoms in total. The molecule has 0 saturated heterocycles. The molecular formula is C14H11BrNNaO3S2. The van der Waals surface area contributed by atoms with Crippen LogP contribution in [0.25, 0.3) is 10.8 Å². The molecule has 1 aromatic carbocycles. The second-order valence-corrected chi connectivity index (χ2v) is 7.57. The number of amides is 1. The summed E-state index contributed by atoms with van der Waals surface area (Å²) < 4.78 is 27.7. The number of carbonyl (C=O) groups is 1. The van der Waals surface area contributed by atoms with Gasteiger partial charge in [0.25, 0.3) is 0 Å². The van der Waals surface area contributed by atoms with Crippen LogP contribution in [0.2, 0.25) is 0 Å². The van der Waals surface area contributed by atoms with Crippen molar-refractivity contribution in [2.24, 2.45) is 0 Å². The van der Waals surface area contributed by atoms with Gasteiger partial charge >= 0.3 is 29.6 Å². The number of hydrogen-bond acceptors (Lipinski definition) is 4.